The van der Waals surface area contributed by atoms with Gasteiger partial charge in [-0.1, -0.05) is 17.7 Å². The van der Waals surface area contributed by atoms with Crippen molar-refractivity contribution < 1.29 is 14.0 Å². The van der Waals surface area contributed by atoms with Gasteiger partial charge in [0, 0.05) is 40.9 Å². The van der Waals surface area contributed by atoms with Gasteiger partial charge in [-0.25, -0.2) is 4.39 Å². The van der Waals surface area contributed by atoms with Gasteiger partial charge in [-0.2, -0.15) is 0 Å². The summed E-state index contributed by atoms with van der Waals surface area (Å²) in [4.78, 5) is 27.4. The van der Waals surface area contributed by atoms with Crippen molar-refractivity contribution in [2.75, 3.05) is 12.3 Å². The van der Waals surface area contributed by atoms with Crippen LogP contribution in [-0.2, 0) is 16.1 Å². The standard InChI is InChI=1S/C22H27ClFN3O2S/c23-16-2-1-3-17(24)15(16)11-27-4-5-30-20(27)19(28)26-18-13-6-12-7-14(18)10-22(8-12,9-13)21(25)29/h1-3,12-14,18,20H,4-11H2,(H2,25,29)(H,26,28). The van der Waals surface area contributed by atoms with Crippen LogP contribution < -0.4 is 11.1 Å². The highest BCUT2D eigenvalue weighted by atomic mass is 35.5. The van der Waals surface area contributed by atoms with Crippen molar-refractivity contribution in [2.24, 2.45) is 28.9 Å². The maximum atomic E-state index is 14.2. The van der Waals surface area contributed by atoms with Gasteiger partial charge in [0.05, 0.1) is 0 Å². The van der Waals surface area contributed by atoms with Gasteiger partial charge in [-0.15, -0.1) is 11.8 Å². The Balaban J connectivity index is 1.28. The molecule has 5 aliphatic rings. The lowest BCUT2D eigenvalue weighted by atomic mass is 9.47. The number of amides is 2. The molecule has 5 fully saturated rings. The van der Waals surface area contributed by atoms with E-state index < -0.39 is 0 Å². The smallest absolute Gasteiger partial charge is 0.247 e. The van der Waals surface area contributed by atoms with E-state index in [1.807, 2.05) is 4.90 Å². The van der Waals surface area contributed by atoms with Crippen molar-refractivity contribution in [3.05, 3.63) is 34.6 Å². The highest BCUT2D eigenvalue weighted by Gasteiger charge is 2.58. The number of benzene rings is 1. The van der Waals surface area contributed by atoms with Crippen molar-refractivity contribution in [1.29, 1.82) is 0 Å². The van der Waals surface area contributed by atoms with Gasteiger partial charge in [0.15, 0.2) is 0 Å². The molecule has 0 spiro atoms. The molecule has 6 rings (SSSR count). The van der Waals surface area contributed by atoms with Crippen molar-refractivity contribution in [3.63, 3.8) is 0 Å². The molecule has 0 aromatic heterocycles. The molecule has 1 aromatic carbocycles. The van der Waals surface area contributed by atoms with Gasteiger partial charge in [0.1, 0.15) is 11.2 Å². The Morgan fingerprint density at radius 3 is 2.67 bits per heavy atom. The highest BCUT2D eigenvalue weighted by Crippen LogP contribution is 2.60. The summed E-state index contributed by atoms with van der Waals surface area (Å²) in [5.74, 6) is 1.54. The van der Waals surface area contributed by atoms with E-state index in [0.29, 0.717) is 34.9 Å². The van der Waals surface area contributed by atoms with E-state index in [1.54, 1.807) is 23.9 Å². The van der Waals surface area contributed by atoms with Gasteiger partial charge in [-0.3, -0.25) is 14.5 Å². The van der Waals surface area contributed by atoms with E-state index in [4.69, 9.17) is 17.3 Å². The first-order valence-corrected chi connectivity index (χ1v) is 12.2. The number of nitrogens with zero attached hydrogens (tertiary/aromatic N) is 1. The Morgan fingerprint density at radius 1 is 1.27 bits per heavy atom. The number of carbonyl (C=O) groups excluding carboxylic acids is 2. The van der Waals surface area contributed by atoms with E-state index in [2.05, 4.69) is 5.32 Å². The molecule has 4 bridgehead atoms. The van der Waals surface area contributed by atoms with Crippen LogP contribution in [0.25, 0.3) is 0 Å². The topological polar surface area (TPSA) is 75.4 Å². The summed E-state index contributed by atoms with van der Waals surface area (Å²) >= 11 is 7.79. The fraction of sp³-hybridized carbons (Fsp3) is 0.636. The summed E-state index contributed by atoms with van der Waals surface area (Å²) < 4.78 is 14.2. The molecule has 3 N–H and O–H groups in total. The van der Waals surface area contributed by atoms with Crippen LogP contribution in [0.3, 0.4) is 0 Å². The van der Waals surface area contributed by atoms with Crippen LogP contribution in [0.4, 0.5) is 4.39 Å². The van der Waals surface area contributed by atoms with Gasteiger partial charge in [0.2, 0.25) is 11.8 Å². The number of carbonyl (C=O) groups is 2. The second-order valence-corrected chi connectivity index (χ2v) is 11.1. The second-order valence-electron chi connectivity index (χ2n) is 9.54. The molecule has 1 aliphatic heterocycles. The minimum Gasteiger partial charge on any atom is -0.369 e. The molecule has 30 heavy (non-hydrogen) atoms. The minimum atomic E-state index is -0.354. The van der Waals surface area contributed by atoms with Crippen LogP contribution in [0.15, 0.2) is 18.2 Å². The average molecular weight is 452 g/mol. The number of rotatable bonds is 5. The Labute approximate surface area is 185 Å². The SMILES string of the molecule is NC(=O)C12CC3CC(C1)C(NC(=O)C1SCCN1Cc1c(F)cccc1Cl)C(C3)C2. The first-order chi connectivity index (χ1) is 14.4. The van der Waals surface area contributed by atoms with E-state index in [0.717, 1.165) is 44.4 Å². The van der Waals surface area contributed by atoms with E-state index in [1.165, 1.54) is 6.07 Å². The number of nitrogens with two attached hydrogens (primary N) is 1. The second kappa shape index (κ2) is 7.68. The molecule has 5 nitrogen and oxygen atoms in total. The fourth-order valence-corrected chi connectivity index (χ4v) is 7.99. The zero-order valence-electron chi connectivity index (χ0n) is 16.8. The first kappa shape index (κ1) is 20.6. The van der Waals surface area contributed by atoms with Gasteiger partial charge < -0.3 is 11.1 Å². The number of thioether (sulfide) groups is 1. The monoisotopic (exact) mass is 451 g/mol. The van der Waals surface area contributed by atoms with Gasteiger partial charge >= 0.3 is 0 Å². The molecular formula is C22H27ClFN3O2S. The largest absolute Gasteiger partial charge is 0.369 e. The fourth-order valence-electron chi connectivity index (χ4n) is 6.59. The molecular weight excluding hydrogens is 425 g/mol. The van der Waals surface area contributed by atoms with Crippen LogP contribution in [0.1, 0.15) is 37.7 Å². The third kappa shape index (κ3) is 3.43. The van der Waals surface area contributed by atoms with Crippen LogP contribution in [0, 0.1) is 29.0 Å². The molecule has 162 valence electrons. The first-order valence-electron chi connectivity index (χ1n) is 10.7. The van der Waals surface area contributed by atoms with Gasteiger partial charge in [-0.05, 0) is 62.0 Å². The Morgan fingerprint density at radius 2 is 2.00 bits per heavy atom. The van der Waals surface area contributed by atoms with E-state index in [9.17, 15) is 14.0 Å². The lowest BCUT2D eigenvalue weighted by molar-refractivity contribution is -0.147. The summed E-state index contributed by atoms with van der Waals surface area (Å²) in [6, 6.07) is 4.79. The maximum Gasteiger partial charge on any atom is 0.247 e. The van der Waals surface area contributed by atoms with Crippen LogP contribution in [0.2, 0.25) is 5.02 Å². The molecule has 8 heteroatoms. The average Bonchev–Trinajstić information content (AvgIpc) is 3.15. The molecule has 2 amide bonds. The molecule has 4 aliphatic carbocycles. The number of hydrogen-bond acceptors (Lipinski definition) is 4. The third-order valence-electron chi connectivity index (χ3n) is 7.74. The highest BCUT2D eigenvalue weighted by molar-refractivity contribution is 8.00. The quantitative estimate of drug-likeness (QED) is 0.721. The molecule has 1 heterocycles. The van der Waals surface area contributed by atoms with Crippen molar-refractivity contribution in [1.82, 2.24) is 10.2 Å². The molecule has 1 saturated heterocycles. The number of primary amides is 1. The number of hydrogen-bond donors (Lipinski definition) is 2. The van der Waals surface area contributed by atoms with Crippen molar-refractivity contribution in [3.8, 4) is 0 Å². The lowest BCUT2D eigenvalue weighted by Crippen LogP contribution is -2.63. The number of halogens is 2. The van der Waals surface area contributed by atoms with Gasteiger partial charge in [0.25, 0.3) is 0 Å². The van der Waals surface area contributed by atoms with Crippen LogP contribution in [-0.4, -0.2) is 40.4 Å². The maximum absolute atomic E-state index is 14.2. The Hall–Kier alpha value is -1.31. The molecule has 0 radical (unpaired) electrons. The normalized spacial score (nSPS) is 37.5. The zero-order chi connectivity index (χ0) is 21.0. The van der Waals surface area contributed by atoms with E-state index >= 15 is 0 Å². The minimum absolute atomic E-state index is 0.00411. The lowest BCUT2D eigenvalue weighted by Gasteiger charge is -2.58. The third-order valence-corrected chi connectivity index (χ3v) is 9.34. The molecule has 1 aromatic rings. The Kier molecular flexibility index (Phi) is 5.27. The molecule has 4 saturated carbocycles. The summed E-state index contributed by atoms with van der Waals surface area (Å²) in [5.41, 5.74) is 5.86. The van der Waals surface area contributed by atoms with Crippen molar-refractivity contribution in [2.45, 2.75) is 50.1 Å². The van der Waals surface area contributed by atoms with Crippen LogP contribution >= 0.6 is 23.4 Å². The van der Waals surface area contributed by atoms with Crippen molar-refractivity contribution >= 4 is 35.2 Å². The summed E-state index contributed by atoms with van der Waals surface area (Å²) in [6.07, 6.45) is 4.66. The van der Waals surface area contributed by atoms with Crippen LogP contribution in [0.5, 0.6) is 0 Å². The summed E-state index contributed by atoms with van der Waals surface area (Å²) in [7, 11) is 0. The summed E-state index contributed by atoms with van der Waals surface area (Å²) in [6.45, 7) is 1.04. The zero-order valence-corrected chi connectivity index (χ0v) is 18.4. The van der Waals surface area contributed by atoms with E-state index in [-0.39, 0.29) is 34.5 Å². The Bertz CT molecular complexity index is 848. The number of nitrogens with one attached hydrogen (secondary N) is 1. The summed E-state index contributed by atoms with van der Waals surface area (Å²) in [5, 5.41) is 3.37. The molecule has 3 atom stereocenters. The predicted molar refractivity (Wildman–Crippen MR) is 115 cm³/mol. The molecule has 3 unspecified atom stereocenters. The predicted octanol–water partition coefficient (Wildman–Crippen LogP) is 3.15.